The van der Waals surface area contributed by atoms with Gasteiger partial charge in [0.15, 0.2) is 11.5 Å². The molecule has 4 rings (SSSR count). The van der Waals surface area contributed by atoms with Crippen LogP contribution in [-0.2, 0) is 4.74 Å². The number of nitro groups is 1. The molecule has 2 heterocycles. The predicted octanol–water partition coefficient (Wildman–Crippen LogP) is 3.48. The number of hydrogen-bond donors (Lipinski definition) is 1. The highest BCUT2D eigenvalue weighted by molar-refractivity contribution is 5.89. The zero-order chi connectivity index (χ0) is 21.8. The molecule has 11 nitrogen and oxygen atoms in total. The van der Waals surface area contributed by atoms with E-state index in [-0.39, 0.29) is 17.4 Å². The number of esters is 1. The molecule has 1 aliphatic rings. The van der Waals surface area contributed by atoms with Crippen molar-refractivity contribution < 1.29 is 28.7 Å². The molecule has 0 radical (unpaired) electrons. The van der Waals surface area contributed by atoms with Crippen molar-refractivity contribution in [2.75, 3.05) is 25.6 Å². The number of anilines is 2. The number of nitrogens with one attached hydrogen (secondary N) is 1. The minimum absolute atomic E-state index is 0.0575. The number of carbonyl (C=O) groups is 1. The second-order valence-electron chi connectivity index (χ2n) is 6.23. The molecular formula is C20H16N4O7. The Kier molecular flexibility index (Phi) is 5.47. The second kappa shape index (κ2) is 8.53. The fraction of sp³-hybridized carbons (Fsp3) is 0.150. The lowest BCUT2D eigenvalue weighted by Crippen LogP contribution is -2.15. The highest BCUT2D eigenvalue weighted by Crippen LogP contribution is 2.38. The number of ether oxygens (including phenoxy) is 4. The number of fused-ring (bicyclic) bond motifs is 1. The van der Waals surface area contributed by atoms with E-state index in [2.05, 4.69) is 20.0 Å². The third-order valence-corrected chi connectivity index (χ3v) is 4.27. The van der Waals surface area contributed by atoms with E-state index in [9.17, 15) is 14.9 Å². The Hall–Kier alpha value is -4.41. The van der Waals surface area contributed by atoms with Crippen LogP contribution in [0, 0.1) is 10.1 Å². The summed E-state index contributed by atoms with van der Waals surface area (Å²) < 4.78 is 21.2. The summed E-state index contributed by atoms with van der Waals surface area (Å²) in [6, 6.07) is 10.9. The molecule has 0 bridgehead atoms. The lowest BCUT2D eigenvalue weighted by atomic mass is 10.2. The van der Waals surface area contributed by atoms with Crippen molar-refractivity contribution in [3.8, 4) is 23.1 Å². The highest BCUT2D eigenvalue weighted by atomic mass is 16.6. The SMILES string of the molecule is COC(=O)c1ccc(Oc2ncnc(Nc3ccc4c(c3)OCCO4)c2[N+](=O)[O-])cc1. The topological polar surface area (TPSA) is 135 Å². The molecule has 0 saturated heterocycles. The molecule has 3 aromatic rings. The van der Waals surface area contributed by atoms with Gasteiger partial charge in [-0.2, -0.15) is 4.98 Å². The molecule has 1 N–H and O–H groups in total. The van der Waals surface area contributed by atoms with Crippen molar-refractivity contribution in [3.63, 3.8) is 0 Å². The van der Waals surface area contributed by atoms with E-state index in [0.717, 1.165) is 6.33 Å². The molecule has 2 aromatic carbocycles. The van der Waals surface area contributed by atoms with E-state index in [4.69, 9.17) is 14.2 Å². The molecule has 0 saturated carbocycles. The molecule has 0 unspecified atom stereocenters. The van der Waals surface area contributed by atoms with Gasteiger partial charge in [-0.05, 0) is 36.4 Å². The molecule has 0 spiro atoms. The summed E-state index contributed by atoms with van der Waals surface area (Å²) in [4.78, 5) is 30.5. The van der Waals surface area contributed by atoms with Gasteiger partial charge in [0.1, 0.15) is 25.3 Å². The number of carbonyl (C=O) groups excluding carboxylic acids is 1. The fourth-order valence-electron chi connectivity index (χ4n) is 2.84. The maximum absolute atomic E-state index is 11.7. The number of nitrogens with zero attached hydrogens (tertiary/aromatic N) is 3. The molecule has 31 heavy (non-hydrogen) atoms. The van der Waals surface area contributed by atoms with Crippen LogP contribution in [0.3, 0.4) is 0 Å². The van der Waals surface area contributed by atoms with E-state index in [1.165, 1.54) is 31.4 Å². The maximum Gasteiger partial charge on any atom is 0.373 e. The predicted molar refractivity (Wildman–Crippen MR) is 107 cm³/mol. The van der Waals surface area contributed by atoms with E-state index in [1.54, 1.807) is 18.2 Å². The molecule has 1 aromatic heterocycles. The van der Waals surface area contributed by atoms with Crippen molar-refractivity contribution >= 4 is 23.2 Å². The first-order valence-electron chi connectivity index (χ1n) is 9.07. The van der Waals surface area contributed by atoms with Gasteiger partial charge in [0.2, 0.25) is 5.82 Å². The van der Waals surface area contributed by atoms with Gasteiger partial charge in [0.05, 0.1) is 17.6 Å². The second-order valence-corrected chi connectivity index (χ2v) is 6.23. The summed E-state index contributed by atoms with van der Waals surface area (Å²) in [6.07, 6.45) is 1.14. The number of hydrogen-bond acceptors (Lipinski definition) is 10. The minimum atomic E-state index is -0.640. The van der Waals surface area contributed by atoms with Gasteiger partial charge in [0, 0.05) is 11.8 Å². The zero-order valence-corrected chi connectivity index (χ0v) is 16.2. The maximum atomic E-state index is 11.7. The summed E-state index contributed by atoms with van der Waals surface area (Å²) in [5, 5.41) is 14.6. The fourth-order valence-corrected chi connectivity index (χ4v) is 2.84. The Morgan fingerprint density at radius 2 is 1.84 bits per heavy atom. The third-order valence-electron chi connectivity index (χ3n) is 4.27. The molecule has 0 aliphatic carbocycles. The first kappa shape index (κ1) is 19.9. The number of methoxy groups -OCH3 is 1. The lowest BCUT2D eigenvalue weighted by Gasteiger charge is -2.19. The lowest BCUT2D eigenvalue weighted by molar-refractivity contribution is -0.385. The molecule has 1 aliphatic heterocycles. The van der Waals surface area contributed by atoms with Crippen LogP contribution in [-0.4, -0.2) is 41.2 Å². The Morgan fingerprint density at radius 1 is 1.10 bits per heavy atom. The molecule has 158 valence electrons. The van der Waals surface area contributed by atoms with Gasteiger partial charge in [-0.3, -0.25) is 10.1 Å². The Balaban J connectivity index is 1.61. The Labute approximate surface area is 175 Å². The summed E-state index contributed by atoms with van der Waals surface area (Å²) >= 11 is 0. The molecular weight excluding hydrogens is 408 g/mol. The third kappa shape index (κ3) is 4.29. The van der Waals surface area contributed by atoms with Crippen LogP contribution in [0.2, 0.25) is 0 Å². The van der Waals surface area contributed by atoms with Crippen molar-refractivity contribution in [1.82, 2.24) is 9.97 Å². The summed E-state index contributed by atoms with van der Waals surface area (Å²) in [6.45, 7) is 0.870. The normalized spacial score (nSPS) is 12.0. The van der Waals surface area contributed by atoms with E-state index < -0.39 is 16.6 Å². The minimum Gasteiger partial charge on any atom is -0.486 e. The van der Waals surface area contributed by atoms with Crippen LogP contribution < -0.4 is 19.5 Å². The van der Waals surface area contributed by atoms with E-state index in [0.29, 0.717) is 36.0 Å². The average molecular weight is 424 g/mol. The van der Waals surface area contributed by atoms with Gasteiger partial charge in [-0.15, -0.1) is 0 Å². The van der Waals surface area contributed by atoms with Gasteiger partial charge in [-0.1, -0.05) is 0 Å². The van der Waals surface area contributed by atoms with Crippen LogP contribution >= 0.6 is 0 Å². The van der Waals surface area contributed by atoms with Crippen LogP contribution in [0.1, 0.15) is 10.4 Å². The number of rotatable bonds is 6. The summed E-state index contributed by atoms with van der Waals surface area (Å²) in [7, 11) is 1.27. The average Bonchev–Trinajstić information content (AvgIpc) is 2.79. The Morgan fingerprint density at radius 3 is 2.55 bits per heavy atom. The van der Waals surface area contributed by atoms with Crippen LogP contribution in [0.4, 0.5) is 17.2 Å². The van der Waals surface area contributed by atoms with Gasteiger partial charge in [-0.25, -0.2) is 9.78 Å². The molecule has 0 fully saturated rings. The van der Waals surface area contributed by atoms with E-state index in [1.807, 2.05) is 0 Å². The standard InChI is InChI=1S/C20H16N4O7/c1-28-20(25)12-2-5-14(6-3-12)31-19-17(24(26)27)18(21-11-22-19)23-13-4-7-15-16(10-13)30-9-8-29-15/h2-7,10-11H,8-9H2,1H3,(H,21,22,23). The summed E-state index contributed by atoms with van der Waals surface area (Å²) in [5.74, 6) is 0.539. The van der Waals surface area contributed by atoms with Gasteiger partial charge in [0.25, 0.3) is 0 Å². The number of aromatic nitrogens is 2. The molecule has 0 atom stereocenters. The smallest absolute Gasteiger partial charge is 0.373 e. The largest absolute Gasteiger partial charge is 0.486 e. The van der Waals surface area contributed by atoms with Gasteiger partial charge >= 0.3 is 17.5 Å². The first-order chi connectivity index (χ1) is 15.0. The highest BCUT2D eigenvalue weighted by Gasteiger charge is 2.26. The monoisotopic (exact) mass is 424 g/mol. The molecule has 0 amide bonds. The number of benzene rings is 2. The zero-order valence-electron chi connectivity index (χ0n) is 16.2. The Bertz CT molecular complexity index is 1130. The van der Waals surface area contributed by atoms with E-state index >= 15 is 0 Å². The van der Waals surface area contributed by atoms with Crippen molar-refractivity contribution in [1.29, 1.82) is 0 Å². The van der Waals surface area contributed by atoms with Crippen LogP contribution in [0.15, 0.2) is 48.8 Å². The quantitative estimate of drug-likeness (QED) is 0.356. The van der Waals surface area contributed by atoms with Crippen molar-refractivity contribution in [2.24, 2.45) is 0 Å². The summed E-state index contributed by atoms with van der Waals surface area (Å²) in [5.41, 5.74) is 0.377. The van der Waals surface area contributed by atoms with Crippen LogP contribution in [0.5, 0.6) is 23.1 Å². The van der Waals surface area contributed by atoms with Crippen molar-refractivity contribution in [3.05, 3.63) is 64.5 Å². The van der Waals surface area contributed by atoms with Gasteiger partial charge < -0.3 is 24.3 Å². The van der Waals surface area contributed by atoms with Crippen LogP contribution in [0.25, 0.3) is 0 Å². The van der Waals surface area contributed by atoms with Crippen molar-refractivity contribution in [2.45, 2.75) is 0 Å². The first-order valence-corrected chi connectivity index (χ1v) is 9.07. The molecule has 11 heteroatoms.